The highest BCUT2D eigenvalue weighted by molar-refractivity contribution is 5.68. The molecular weight excluding hydrogens is 254 g/mol. The number of hydrogen-bond donors (Lipinski definition) is 2. The Bertz CT molecular complexity index is 718. The first-order valence-electron chi connectivity index (χ1n) is 5.69. The first-order valence-corrected chi connectivity index (χ1v) is 5.69. The fourth-order valence-electron chi connectivity index (χ4n) is 1.52. The highest BCUT2D eigenvalue weighted by Crippen LogP contribution is 2.31. The van der Waals surface area contributed by atoms with E-state index in [0.717, 1.165) is 11.1 Å². The second kappa shape index (κ2) is 5.28. The summed E-state index contributed by atoms with van der Waals surface area (Å²) in [6, 6.07) is 1.62. The molecule has 6 heteroatoms. The van der Waals surface area contributed by atoms with Crippen molar-refractivity contribution in [2.45, 2.75) is 6.92 Å². The second-order valence-corrected chi connectivity index (χ2v) is 4.07. The van der Waals surface area contributed by atoms with E-state index in [4.69, 9.17) is 22.6 Å². The van der Waals surface area contributed by atoms with Crippen LogP contribution in [0.1, 0.15) is 18.2 Å². The molecule has 0 saturated heterocycles. The lowest BCUT2D eigenvalue weighted by atomic mass is 10.1. The van der Waals surface area contributed by atoms with E-state index in [1.807, 2.05) is 6.92 Å². The predicted octanol–water partition coefficient (Wildman–Crippen LogP) is 1.84. The summed E-state index contributed by atoms with van der Waals surface area (Å²) in [5.74, 6) is 3.43. The first kappa shape index (κ1) is 13.4. The van der Waals surface area contributed by atoms with Gasteiger partial charge in [-0.1, -0.05) is 12.5 Å². The Morgan fingerprint density at radius 1 is 1.30 bits per heavy atom. The molecule has 0 aliphatic rings. The van der Waals surface area contributed by atoms with Crippen molar-refractivity contribution in [2.75, 3.05) is 11.5 Å². The third-order valence-corrected chi connectivity index (χ3v) is 2.50. The molecule has 0 atom stereocenters. The Morgan fingerprint density at radius 3 is 2.65 bits per heavy atom. The summed E-state index contributed by atoms with van der Waals surface area (Å²) >= 11 is 0. The van der Waals surface area contributed by atoms with Crippen molar-refractivity contribution in [1.82, 2.24) is 15.0 Å². The van der Waals surface area contributed by atoms with Crippen LogP contribution in [0.4, 0.5) is 11.8 Å². The van der Waals surface area contributed by atoms with Gasteiger partial charge in [0.05, 0.1) is 6.20 Å². The minimum Gasteiger partial charge on any atom is -0.451 e. The first-order chi connectivity index (χ1) is 9.51. The molecule has 0 aliphatic carbocycles. The van der Waals surface area contributed by atoms with E-state index in [1.165, 1.54) is 6.20 Å². The minimum absolute atomic E-state index is 0.0778. The molecule has 2 aromatic heterocycles. The van der Waals surface area contributed by atoms with Crippen molar-refractivity contribution in [3.63, 3.8) is 0 Å². The summed E-state index contributed by atoms with van der Waals surface area (Å²) in [7, 11) is 0. The molecule has 100 valence electrons. The molecule has 2 aromatic rings. The molecule has 4 N–H and O–H groups in total. The molecule has 2 rings (SSSR count). The van der Waals surface area contributed by atoms with Crippen LogP contribution in [0.2, 0.25) is 0 Å². The number of nitrogens with zero attached hydrogens (tertiary/aromatic N) is 3. The van der Waals surface area contributed by atoms with E-state index in [2.05, 4.69) is 27.5 Å². The number of pyridine rings is 1. The molecule has 0 aliphatic heterocycles. The number of rotatable bonds is 3. The highest BCUT2D eigenvalue weighted by atomic mass is 16.5. The van der Waals surface area contributed by atoms with Crippen molar-refractivity contribution >= 4 is 17.3 Å². The molecule has 6 nitrogen and oxygen atoms in total. The molecule has 0 spiro atoms. The predicted molar refractivity (Wildman–Crippen MR) is 77.8 cm³/mol. The maximum absolute atomic E-state index is 5.73. The van der Waals surface area contributed by atoms with Crippen LogP contribution in [0.25, 0.3) is 5.57 Å². The molecule has 0 bridgehead atoms. The summed E-state index contributed by atoms with van der Waals surface area (Å²) in [5, 5.41) is 0. The van der Waals surface area contributed by atoms with Crippen molar-refractivity contribution < 1.29 is 4.74 Å². The van der Waals surface area contributed by atoms with Crippen LogP contribution in [-0.2, 0) is 0 Å². The van der Waals surface area contributed by atoms with Gasteiger partial charge in [-0.3, -0.25) is 0 Å². The van der Waals surface area contributed by atoms with Crippen LogP contribution < -0.4 is 16.2 Å². The summed E-state index contributed by atoms with van der Waals surface area (Å²) in [6.45, 7) is 5.70. The van der Waals surface area contributed by atoms with Gasteiger partial charge in [0.2, 0.25) is 5.95 Å². The normalized spacial score (nSPS) is 9.80. The van der Waals surface area contributed by atoms with E-state index in [9.17, 15) is 0 Å². The third-order valence-electron chi connectivity index (χ3n) is 2.50. The highest BCUT2D eigenvalue weighted by Gasteiger charge is 2.11. The van der Waals surface area contributed by atoms with Gasteiger partial charge < -0.3 is 16.2 Å². The maximum atomic E-state index is 5.73. The maximum Gasteiger partial charge on any atom is 0.222 e. The van der Waals surface area contributed by atoms with Crippen LogP contribution >= 0.6 is 0 Å². The van der Waals surface area contributed by atoms with Crippen molar-refractivity contribution in [2.24, 2.45) is 0 Å². The molecule has 0 amide bonds. The molecule has 0 radical (unpaired) electrons. The molecule has 0 aromatic carbocycles. The second-order valence-electron chi connectivity index (χ2n) is 4.07. The average Bonchev–Trinajstić information content (AvgIpc) is 2.41. The van der Waals surface area contributed by atoms with Gasteiger partial charge in [-0.05, 0) is 12.5 Å². The van der Waals surface area contributed by atoms with E-state index in [0.29, 0.717) is 11.4 Å². The number of nitrogen functional groups attached to an aromatic ring is 2. The lowest BCUT2D eigenvalue weighted by Gasteiger charge is -2.12. The van der Waals surface area contributed by atoms with E-state index in [-0.39, 0.29) is 17.5 Å². The number of hydrogen-bond acceptors (Lipinski definition) is 6. The van der Waals surface area contributed by atoms with E-state index in [1.54, 1.807) is 12.3 Å². The van der Waals surface area contributed by atoms with Crippen LogP contribution in [0.5, 0.6) is 11.5 Å². The van der Waals surface area contributed by atoms with Crippen LogP contribution in [-0.4, -0.2) is 15.0 Å². The Labute approximate surface area is 116 Å². The fraction of sp³-hybridized carbons (Fsp3) is 0.0714. The van der Waals surface area contributed by atoms with Crippen molar-refractivity contribution in [3.8, 4) is 23.8 Å². The number of nitrogens with two attached hydrogens (primary N) is 2. The van der Waals surface area contributed by atoms with E-state index >= 15 is 0 Å². The number of terminal acetylenes is 1. The quantitative estimate of drug-likeness (QED) is 0.823. The summed E-state index contributed by atoms with van der Waals surface area (Å²) in [6.07, 6.45) is 8.33. The molecule has 20 heavy (non-hydrogen) atoms. The van der Waals surface area contributed by atoms with Crippen molar-refractivity contribution in [1.29, 1.82) is 0 Å². The molecule has 0 saturated carbocycles. The van der Waals surface area contributed by atoms with Crippen LogP contribution in [0.3, 0.4) is 0 Å². The smallest absolute Gasteiger partial charge is 0.222 e. The van der Waals surface area contributed by atoms with Gasteiger partial charge in [-0.2, -0.15) is 4.98 Å². The SMILES string of the molecule is C#Cc1cc(Oc2cnc(N)nc2N)c(C(=C)C)cn1. The van der Waals surface area contributed by atoms with Gasteiger partial charge in [0.15, 0.2) is 11.6 Å². The van der Waals surface area contributed by atoms with Gasteiger partial charge in [0.25, 0.3) is 0 Å². The Kier molecular flexibility index (Phi) is 3.53. The van der Waals surface area contributed by atoms with Gasteiger partial charge in [0, 0.05) is 17.8 Å². The lowest BCUT2D eigenvalue weighted by molar-refractivity contribution is 0.478. The topological polar surface area (TPSA) is 99.9 Å². The van der Waals surface area contributed by atoms with Crippen LogP contribution in [0, 0.1) is 12.3 Å². The van der Waals surface area contributed by atoms with E-state index < -0.39 is 0 Å². The average molecular weight is 267 g/mol. The molecular formula is C14H13N5O. The zero-order valence-corrected chi connectivity index (χ0v) is 10.9. The number of anilines is 2. The standard InChI is InChI=1S/C14H13N5O/c1-4-9-5-11(10(6-17-9)8(2)3)20-12-7-18-14(16)19-13(12)15/h1,5-7H,2H2,3H3,(H4,15,16,18,19). The number of allylic oxidation sites excluding steroid dienone is 1. The summed E-state index contributed by atoms with van der Waals surface area (Å²) < 4.78 is 5.70. The van der Waals surface area contributed by atoms with Gasteiger partial charge in [-0.25, -0.2) is 9.97 Å². The lowest BCUT2D eigenvalue weighted by Crippen LogP contribution is -2.02. The molecule has 2 heterocycles. The van der Waals surface area contributed by atoms with Gasteiger partial charge in [0.1, 0.15) is 11.4 Å². The largest absolute Gasteiger partial charge is 0.451 e. The Hall–Kier alpha value is -3.07. The number of aromatic nitrogens is 3. The Balaban J connectivity index is 2.46. The minimum atomic E-state index is 0.0778. The summed E-state index contributed by atoms with van der Waals surface area (Å²) in [5.41, 5.74) is 13.1. The van der Waals surface area contributed by atoms with Crippen LogP contribution in [0.15, 0.2) is 25.0 Å². The Morgan fingerprint density at radius 2 is 2.05 bits per heavy atom. The molecule has 0 unspecified atom stereocenters. The number of ether oxygens (including phenoxy) is 1. The zero-order chi connectivity index (χ0) is 14.7. The molecule has 0 fully saturated rings. The van der Waals surface area contributed by atoms with Gasteiger partial charge >= 0.3 is 0 Å². The monoisotopic (exact) mass is 267 g/mol. The fourth-order valence-corrected chi connectivity index (χ4v) is 1.52. The van der Waals surface area contributed by atoms with Gasteiger partial charge in [-0.15, -0.1) is 6.42 Å². The van der Waals surface area contributed by atoms with Crippen molar-refractivity contribution in [3.05, 3.63) is 36.3 Å². The summed E-state index contributed by atoms with van der Waals surface area (Å²) in [4.78, 5) is 11.8. The third kappa shape index (κ3) is 2.67. The zero-order valence-electron chi connectivity index (χ0n) is 10.9.